The maximum absolute atomic E-state index is 13.9. The SMILES string of the molecule is CCN1C(=O)c2c(O)c(=O)c(C(=O)NCc3c(F)cc(F)cc3F)cn2C2COC[C@@H](C)C21. The molecule has 2 aliphatic heterocycles. The van der Waals surface area contributed by atoms with E-state index in [-0.39, 0.29) is 24.3 Å². The van der Waals surface area contributed by atoms with Gasteiger partial charge in [0.25, 0.3) is 11.8 Å². The van der Waals surface area contributed by atoms with Gasteiger partial charge in [0.1, 0.15) is 23.0 Å². The average Bonchev–Trinajstić information content (AvgIpc) is 2.75. The predicted octanol–water partition coefficient (Wildman–Crippen LogP) is 1.95. The number of aromatic nitrogens is 1. The van der Waals surface area contributed by atoms with Crippen LogP contribution in [0.3, 0.4) is 0 Å². The van der Waals surface area contributed by atoms with Gasteiger partial charge in [-0.05, 0) is 6.92 Å². The number of aromatic hydroxyl groups is 1. The van der Waals surface area contributed by atoms with Gasteiger partial charge in [0, 0.05) is 42.9 Å². The van der Waals surface area contributed by atoms with E-state index in [9.17, 15) is 32.7 Å². The molecule has 0 spiro atoms. The number of nitrogens with zero attached hydrogens (tertiary/aromatic N) is 2. The number of ether oxygens (including phenoxy) is 1. The molecule has 1 fully saturated rings. The second kappa shape index (κ2) is 8.54. The van der Waals surface area contributed by atoms with Crippen molar-refractivity contribution in [2.75, 3.05) is 19.8 Å². The molecule has 1 aromatic heterocycles. The van der Waals surface area contributed by atoms with Crippen LogP contribution in [0.25, 0.3) is 0 Å². The number of hydrogen-bond acceptors (Lipinski definition) is 5. The van der Waals surface area contributed by atoms with Crippen molar-refractivity contribution in [1.29, 1.82) is 0 Å². The predicted molar refractivity (Wildman–Crippen MR) is 109 cm³/mol. The molecule has 3 atom stereocenters. The highest BCUT2D eigenvalue weighted by molar-refractivity contribution is 5.99. The molecule has 33 heavy (non-hydrogen) atoms. The summed E-state index contributed by atoms with van der Waals surface area (Å²) in [5, 5.41) is 12.8. The first-order valence-corrected chi connectivity index (χ1v) is 10.4. The first kappa shape index (κ1) is 22.8. The summed E-state index contributed by atoms with van der Waals surface area (Å²) >= 11 is 0. The number of hydrogen-bond donors (Lipinski definition) is 2. The minimum Gasteiger partial charge on any atom is -0.503 e. The number of halogens is 3. The molecule has 1 aromatic carbocycles. The summed E-state index contributed by atoms with van der Waals surface area (Å²) in [7, 11) is 0. The third-order valence-corrected chi connectivity index (χ3v) is 6.15. The third-order valence-electron chi connectivity index (χ3n) is 6.15. The second-order valence-electron chi connectivity index (χ2n) is 8.17. The summed E-state index contributed by atoms with van der Waals surface area (Å²) in [5.74, 6) is -5.98. The van der Waals surface area contributed by atoms with Crippen LogP contribution >= 0.6 is 0 Å². The molecule has 0 saturated carbocycles. The summed E-state index contributed by atoms with van der Waals surface area (Å²) < 4.78 is 47.8. The lowest BCUT2D eigenvalue weighted by atomic mass is 9.88. The Hall–Kier alpha value is -3.34. The van der Waals surface area contributed by atoms with E-state index in [1.165, 1.54) is 4.57 Å². The Kier molecular flexibility index (Phi) is 5.91. The van der Waals surface area contributed by atoms with E-state index >= 15 is 0 Å². The standard InChI is InChI=1S/C22H22F3N3O5/c1-3-27-17-10(2)8-33-9-16(17)28-7-13(19(29)20(30)18(28)22(27)32)21(31)26-6-12-14(24)4-11(23)5-15(12)25/h4-5,7,10,16-17,30H,3,6,8-9H2,1-2H3,(H,26,31)/t10-,16?,17?/m1/s1. The molecule has 0 aliphatic carbocycles. The van der Waals surface area contributed by atoms with Gasteiger partial charge in [0.05, 0.1) is 25.3 Å². The topological polar surface area (TPSA) is 101 Å². The molecule has 0 radical (unpaired) electrons. The van der Waals surface area contributed by atoms with E-state index in [0.29, 0.717) is 25.3 Å². The van der Waals surface area contributed by atoms with Gasteiger partial charge in [-0.15, -0.1) is 0 Å². The first-order chi connectivity index (χ1) is 15.6. The Morgan fingerprint density at radius 2 is 1.88 bits per heavy atom. The van der Waals surface area contributed by atoms with Crippen LogP contribution in [0.5, 0.6) is 5.75 Å². The monoisotopic (exact) mass is 465 g/mol. The molecule has 8 nitrogen and oxygen atoms in total. The summed E-state index contributed by atoms with van der Waals surface area (Å²) in [6, 6.07) is 0.217. The van der Waals surface area contributed by atoms with Crippen molar-refractivity contribution in [2.24, 2.45) is 5.92 Å². The van der Waals surface area contributed by atoms with Crippen LogP contribution in [-0.4, -0.2) is 52.2 Å². The van der Waals surface area contributed by atoms with E-state index in [4.69, 9.17) is 4.74 Å². The van der Waals surface area contributed by atoms with E-state index in [2.05, 4.69) is 5.32 Å². The normalized spacial score (nSPS) is 22.0. The Morgan fingerprint density at radius 3 is 2.52 bits per heavy atom. The fourth-order valence-electron chi connectivity index (χ4n) is 4.60. The lowest BCUT2D eigenvalue weighted by Crippen LogP contribution is -2.58. The van der Waals surface area contributed by atoms with Crippen molar-refractivity contribution in [2.45, 2.75) is 32.5 Å². The molecule has 11 heteroatoms. The number of carbonyl (C=O) groups excluding carboxylic acids is 2. The van der Waals surface area contributed by atoms with Crippen LogP contribution < -0.4 is 10.7 Å². The Bertz CT molecular complexity index is 1180. The van der Waals surface area contributed by atoms with Gasteiger partial charge in [0.15, 0.2) is 11.4 Å². The smallest absolute Gasteiger partial charge is 0.274 e. The largest absolute Gasteiger partial charge is 0.503 e. The molecule has 2 amide bonds. The van der Waals surface area contributed by atoms with E-state index in [1.54, 1.807) is 11.8 Å². The Balaban J connectivity index is 1.71. The van der Waals surface area contributed by atoms with E-state index < -0.39 is 64.2 Å². The minimum atomic E-state index is -1.20. The summed E-state index contributed by atoms with van der Waals surface area (Å²) in [4.78, 5) is 40.1. The average molecular weight is 465 g/mol. The van der Waals surface area contributed by atoms with Crippen molar-refractivity contribution in [3.63, 3.8) is 0 Å². The van der Waals surface area contributed by atoms with Crippen molar-refractivity contribution in [1.82, 2.24) is 14.8 Å². The highest BCUT2D eigenvalue weighted by Crippen LogP contribution is 2.37. The molecule has 2 aliphatic rings. The molecule has 2 aromatic rings. The molecule has 2 unspecified atom stereocenters. The Labute approximate surface area is 186 Å². The van der Waals surface area contributed by atoms with Crippen LogP contribution in [0.2, 0.25) is 0 Å². The zero-order valence-corrected chi connectivity index (χ0v) is 17.9. The lowest BCUT2D eigenvalue weighted by molar-refractivity contribution is -0.0446. The number of carbonyl (C=O) groups is 2. The zero-order chi connectivity index (χ0) is 24.0. The van der Waals surface area contributed by atoms with Gasteiger partial charge >= 0.3 is 0 Å². The minimum absolute atomic E-state index is 0.0379. The number of nitrogens with one attached hydrogen (secondary N) is 1. The summed E-state index contributed by atoms with van der Waals surface area (Å²) in [5.41, 5.74) is -2.43. The first-order valence-electron chi connectivity index (χ1n) is 10.4. The van der Waals surface area contributed by atoms with Crippen molar-refractivity contribution < 1.29 is 32.6 Å². The van der Waals surface area contributed by atoms with Gasteiger partial charge in [0.2, 0.25) is 5.43 Å². The molecule has 2 N–H and O–H groups in total. The number of amides is 2. The summed E-state index contributed by atoms with van der Waals surface area (Å²) in [6.45, 7) is 4.02. The molecule has 0 bridgehead atoms. The van der Waals surface area contributed by atoms with E-state index in [0.717, 1.165) is 6.20 Å². The van der Waals surface area contributed by atoms with Crippen molar-refractivity contribution in [3.8, 4) is 5.75 Å². The number of rotatable bonds is 4. The number of pyridine rings is 1. The second-order valence-corrected chi connectivity index (χ2v) is 8.17. The summed E-state index contributed by atoms with van der Waals surface area (Å²) in [6.07, 6.45) is 1.16. The Morgan fingerprint density at radius 1 is 1.21 bits per heavy atom. The van der Waals surface area contributed by atoms with Crippen LogP contribution in [0.1, 0.15) is 46.3 Å². The van der Waals surface area contributed by atoms with Gasteiger partial charge in [-0.2, -0.15) is 0 Å². The fourth-order valence-corrected chi connectivity index (χ4v) is 4.60. The van der Waals surface area contributed by atoms with Gasteiger partial charge in [-0.25, -0.2) is 13.2 Å². The van der Waals surface area contributed by atoms with Crippen LogP contribution in [0.15, 0.2) is 23.1 Å². The number of fused-ring (bicyclic) bond motifs is 3. The van der Waals surface area contributed by atoms with Gasteiger partial charge < -0.3 is 24.6 Å². The van der Waals surface area contributed by atoms with Crippen LogP contribution in [-0.2, 0) is 11.3 Å². The fraction of sp³-hybridized carbons (Fsp3) is 0.409. The molecular weight excluding hydrogens is 443 g/mol. The van der Waals surface area contributed by atoms with E-state index in [1.807, 2.05) is 6.92 Å². The number of benzene rings is 1. The third kappa shape index (κ3) is 3.75. The van der Waals surface area contributed by atoms with Gasteiger partial charge in [-0.3, -0.25) is 14.4 Å². The molecule has 3 heterocycles. The lowest BCUT2D eigenvalue weighted by Gasteiger charge is -2.48. The van der Waals surface area contributed by atoms with Crippen LogP contribution in [0, 0.1) is 23.4 Å². The van der Waals surface area contributed by atoms with Gasteiger partial charge in [-0.1, -0.05) is 6.92 Å². The maximum Gasteiger partial charge on any atom is 0.274 e. The zero-order valence-electron chi connectivity index (χ0n) is 17.9. The molecule has 1 saturated heterocycles. The maximum atomic E-state index is 13.9. The van der Waals surface area contributed by atoms with Crippen molar-refractivity contribution in [3.05, 3.63) is 62.8 Å². The quantitative estimate of drug-likeness (QED) is 0.719. The highest BCUT2D eigenvalue weighted by Gasteiger charge is 2.45. The molecule has 4 rings (SSSR count). The number of likely N-dealkylation sites (N-methyl/N-ethyl adjacent to an activating group) is 1. The molecule has 176 valence electrons. The van der Waals surface area contributed by atoms with Crippen LogP contribution in [0.4, 0.5) is 13.2 Å². The van der Waals surface area contributed by atoms with Crippen molar-refractivity contribution >= 4 is 11.8 Å². The highest BCUT2D eigenvalue weighted by atomic mass is 19.1. The molecular formula is C22H22F3N3O5.